The Labute approximate surface area is 183 Å². The number of aromatic amines is 1. The van der Waals surface area contributed by atoms with Crippen LogP contribution in [0.1, 0.15) is 30.6 Å². The molecular formula is C24H21FN6O. The van der Waals surface area contributed by atoms with E-state index in [4.69, 9.17) is 0 Å². The Bertz CT molecular complexity index is 1510. The Kier molecular flexibility index (Phi) is 4.89. The van der Waals surface area contributed by atoms with E-state index in [1.807, 2.05) is 44.2 Å². The zero-order chi connectivity index (χ0) is 22.2. The van der Waals surface area contributed by atoms with Gasteiger partial charge in [0.25, 0.3) is 5.56 Å². The van der Waals surface area contributed by atoms with Crippen molar-refractivity contribution in [3.05, 3.63) is 88.6 Å². The highest BCUT2D eigenvalue weighted by molar-refractivity contribution is 5.84. The molecule has 7 nitrogen and oxygen atoms in total. The second kappa shape index (κ2) is 7.88. The summed E-state index contributed by atoms with van der Waals surface area (Å²) in [5.41, 5.74) is 3.19. The molecule has 2 aromatic carbocycles. The van der Waals surface area contributed by atoms with Crippen LogP contribution < -0.4 is 10.9 Å². The van der Waals surface area contributed by atoms with Crippen molar-refractivity contribution in [2.24, 2.45) is 0 Å². The number of hydrogen-bond donors (Lipinski definition) is 2. The molecule has 3 aromatic heterocycles. The number of pyridine rings is 1. The summed E-state index contributed by atoms with van der Waals surface area (Å²) in [6.07, 6.45) is 3.67. The number of para-hydroxylation sites is 1. The first-order valence-corrected chi connectivity index (χ1v) is 10.4. The summed E-state index contributed by atoms with van der Waals surface area (Å²) < 4.78 is 16.3. The molecule has 0 aliphatic rings. The van der Waals surface area contributed by atoms with Gasteiger partial charge < -0.3 is 10.3 Å². The molecule has 2 N–H and O–H groups in total. The van der Waals surface area contributed by atoms with Gasteiger partial charge in [-0.15, -0.1) is 0 Å². The smallest absolute Gasteiger partial charge is 0.266 e. The van der Waals surface area contributed by atoms with Crippen LogP contribution in [0.25, 0.3) is 27.6 Å². The SMILES string of the molecule is CC[C@H](Nc1ncnc2nc[nH]c12)c1cc2cccc(F)c2c(=O)n1-c1ccccc1C. The van der Waals surface area contributed by atoms with E-state index in [2.05, 4.69) is 25.3 Å². The maximum atomic E-state index is 14.7. The number of rotatable bonds is 5. The number of fused-ring (bicyclic) bond motifs is 2. The number of hydrogen-bond acceptors (Lipinski definition) is 5. The van der Waals surface area contributed by atoms with Crippen LogP contribution in [-0.4, -0.2) is 24.5 Å². The van der Waals surface area contributed by atoms with Crippen molar-refractivity contribution < 1.29 is 4.39 Å². The predicted octanol–water partition coefficient (Wildman–Crippen LogP) is 4.67. The number of aryl methyl sites for hydroxylation is 1. The minimum Gasteiger partial charge on any atom is -0.360 e. The Hall–Kier alpha value is -4.07. The lowest BCUT2D eigenvalue weighted by molar-refractivity contribution is 0.635. The molecule has 1 atom stereocenters. The van der Waals surface area contributed by atoms with E-state index < -0.39 is 5.82 Å². The van der Waals surface area contributed by atoms with Gasteiger partial charge in [0.2, 0.25) is 0 Å². The van der Waals surface area contributed by atoms with Crippen molar-refractivity contribution in [1.29, 1.82) is 0 Å². The van der Waals surface area contributed by atoms with Gasteiger partial charge in [0.05, 0.1) is 23.4 Å². The molecule has 5 rings (SSSR count). The Morgan fingerprint density at radius 1 is 1.12 bits per heavy atom. The lowest BCUT2D eigenvalue weighted by Crippen LogP contribution is -2.27. The number of H-pyrrole nitrogens is 1. The van der Waals surface area contributed by atoms with E-state index in [1.54, 1.807) is 23.0 Å². The van der Waals surface area contributed by atoms with Crippen molar-refractivity contribution in [2.45, 2.75) is 26.3 Å². The number of imidazole rings is 1. The van der Waals surface area contributed by atoms with Gasteiger partial charge in [-0.1, -0.05) is 37.3 Å². The Morgan fingerprint density at radius 2 is 1.97 bits per heavy atom. The molecule has 32 heavy (non-hydrogen) atoms. The van der Waals surface area contributed by atoms with Crippen LogP contribution in [0, 0.1) is 12.7 Å². The van der Waals surface area contributed by atoms with E-state index in [-0.39, 0.29) is 17.0 Å². The molecule has 5 aromatic rings. The number of nitrogens with zero attached hydrogens (tertiary/aromatic N) is 4. The summed E-state index contributed by atoms with van der Waals surface area (Å²) in [5.74, 6) is 0.0554. The van der Waals surface area contributed by atoms with Crippen LogP contribution >= 0.6 is 0 Å². The van der Waals surface area contributed by atoms with Gasteiger partial charge >= 0.3 is 0 Å². The van der Waals surface area contributed by atoms with Gasteiger partial charge in [0.1, 0.15) is 17.7 Å². The molecule has 0 saturated carbocycles. The second-order valence-electron chi connectivity index (χ2n) is 7.63. The maximum absolute atomic E-state index is 14.7. The first kappa shape index (κ1) is 19.9. The van der Waals surface area contributed by atoms with E-state index in [9.17, 15) is 9.18 Å². The molecule has 0 unspecified atom stereocenters. The molecule has 0 fully saturated rings. The quantitative estimate of drug-likeness (QED) is 0.425. The van der Waals surface area contributed by atoms with E-state index in [0.717, 1.165) is 11.3 Å². The van der Waals surface area contributed by atoms with Crippen LogP contribution in [0.3, 0.4) is 0 Å². The van der Waals surface area contributed by atoms with Crippen molar-refractivity contribution >= 4 is 27.8 Å². The van der Waals surface area contributed by atoms with E-state index >= 15 is 0 Å². The van der Waals surface area contributed by atoms with Crippen LogP contribution in [0.15, 0.2) is 66.0 Å². The summed E-state index contributed by atoms with van der Waals surface area (Å²) in [5, 5.41) is 4.07. The average Bonchev–Trinajstić information content (AvgIpc) is 3.28. The number of halogens is 1. The largest absolute Gasteiger partial charge is 0.360 e. The first-order valence-electron chi connectivity index (χ1n) is 10.4. The fourth-order valence-corrected chi connectivity index (χ4v) is 4.08. The van der Waals surface area contributed by atoms with Gasteiger partial charge in [-0.3, -0.25) is 9.36 Å². The van der Waals surface area contributed by atoms with Gasteiger partial charge in [-0.05, 0) is 42.5 Å². The molecule has 0 aliphatic heterocycles. The molecule has 160 valence electrons. The van der Waals surface area contributed by atoms with Gasteiger partial charge in [-0.2, -0.15) is 0 Å². The van der Waals surface area contributed by atoms with Crippen LogP contribution in [0.4, 0.5) is 10.2 Å². The topological polar surface area (TPSA) is 88.5 Å². The normalized spacial score (nSPS) is 12.3. The van der Waals surface area contributed by atoms with Gasteiger partial charge in [0.15, 0.2) is 11.5 Å². The third-order valence-corrected chi connectivity index (χ3v) is 5.68. The monoisotopic (exact) mass is 428 g/mol. The standard InChI is InChI=1S/C24H21FN6O/c1-3-17(30-23-21-22(27-12-26-21)28-13-29-23)19-11-15-8-6-9-16(25)20(15)24(32)31(19)18-10-5-4-7-14(18)2/h4-13,17H,3H2,1-2H3,(H2,26,27,28,29,30)/t17-/m0/s1. The predicted molar refractivity (Wildman–Crippen MR) is 123 cm³/mol. The highest BCUT2D eigenvalue weighted by Gasteiger charge is 2.22. The number of nitrogens with one attached hydrogen (secondary N) is 2. The summed E-state index contributed by atoms with van der Waals surface area (Å²) in [6.45, 7) is 3.95. The van der Waals surface area contributed by atoms with Crippen molar-refractivity contribution in [2.75, 3.05) is 5.32 Å². The molecule has 0 aliphatic carbocycles. The van der Waals surface area contributed by atoms with E-state index in [0.29, 0.717) is 34.5 Å². The minimum absolute atomic E-state index is 0.0763. The van der Waals surface area contributed by atoms with E-state index in [1.165, 1.54) is 12.4 Å². The lowest BCUT2D eigenvalue weighted by atomic mass is 10.0. The molecule has 0 saturated heterocycles. The fourth-order valence-electron chi connectivity index (χ4n) is 4.08. The third-order valence-electron chi connectivity index (χ3n) is 5.68. The molecule has 0 bridgehead atoms. The Balaban J connectivity index is 1.76. The molecular weight excluding hydrogens is 407 g/mol. The molecule has 0 amide bonds. The highest BCUT2D eigenvalue weighted by Crippen LogP contribution is 2.29. The molecule has 8 heteroatoms. The number of anilines is 1. The zero-order valence-corrected chi connectivity index (χ0v) is 17.6. The number of aromatic nitrogens is 5. The van der Waals surface area contributed by atoms with Gasteiger partial charge in [-0.25, -0.2) is 19.3 Å². The zero-order valence-electron chi connectivity index (χ0n) is 17.6. The highest BCUT2D eigenvalue weighted by atomic mass is 19.1. The summed E-state index contributed by atoms with van der Waals surface area (Å²) in [6, 6.07) is 13.9. The van der Waals surface area contributed by atoms with Crippen molar-refractivity contribution in [1.82, 2.24) is 24.5 Å². The molecule has 0 radical (unpaired) electrons. The number of benzene rings is 2. The fraction of sp³-hybridized carbons (Fsp3) is 0.167. The summed E-state index contributed by atoms with van der Waals surface area (Å²) in [7, 11) is 0. The first-order chi connectivity index (χ1) is 15.6. The third kappa shape index (κ3) is 3.20. The second-order valence-corrected chi connectivity index (χ2v) is 7.63. The Morgan fingerprint density at radius 3 is 2.78 bits per heavy atom. The maximum Gasteiger partial charge on any atom is 0.266 e. The lowest BCUT2D eigenvalue weighted by Gasteiger charge is -2.24. The van der Waals surface area contributed by atoms with Crippen LogP contribution in [0.5, 0.6) is 0 Å². The van der Waals surface area contributed by atoms with Crippen molar-refractivity contribution in [3.63, 3.8) is 0 Å². The van der Waals surface area contributed by atoms with Crippen LogP contribution in [0.2, 0.25) is 0 Å². The van der Waals surface area contributed by atoms with Crippen LogP contribution in [-0.2, 0) is 0 Å². The summed E-state index contributed by atoms with van der Waals surface area (Å²) >= 11 is 0. The minimum atomic E-state index is -0.530. The average molecular weight is 428 g/mol. The molecule has 0 spiro atoms. The summed E-state index contributed by atoms with van der Waals surface area (Å²) in [4.78, 5) is 29.4. The molecule has 3 heterocycles. The van der Waals surface area contributed by atoms with Crippen molar-refractivity contribution in [3.8, 4) is 5.69 Å². The van der Waals surface area contributed by atoms with Gasteiger partial charge in [0, 0.05) is 5.69 Å².